The predicted molar refractivity (Wildman–Crippen MR) is 107 cm³/mol. The van der Waals surface area contributed by atoms with E-state index in [-0.39, 0.29) is 11.4 Å². The van der Waals surface area contributed by atoms with Gasteiger partial charge in [-0.05, 0) is 48.9 Å². The van der Waals surface area contributed by atoms with Crippen molar-refractivity contribution in [2.24, 2.45) is 0 Å². The van der Waals surface area contributed by atoms with E-state index in [1.807, 2.05) is 19.1 Å². The lowest BCUT2D eigenvalue weighted by Crippen LogP contribution is -2.40. The van der Waals surface area contributed by atoms with Crippen LogP contribution in [0.5, 0.6) is 0 Å². The molecule has 0 saturated carbocycles. The minimum Gasteiger partial charge on any atom is -0.350 e. The van der Waals surface area contributed by atoms with Crippen LogP contribution >= 0.6 is 0 Å². The largest absolute Gasteiger partial charge is 0.350 e. The Labute approximate surface area is 169 Å². The number of hydrogen-bond acceptors (Lipinski definition) is 3. The van der Waals surface area contributed by atoms with Gasteiger partial charge in [0.1, 0.15) is 12.4 Å². The fourth-order valence-corrected chi connectivity index (χ4v) is 4.11. The summed E-state index contributed by atoms with van der Waals surface area (Å²) < 4.78 is 40.6. The predicted octanol–water partition coefficient (Wildman–Crippen LogP) is 2.46. The molecule has 0 atom stereocenters. The SMILES string of the molecule is Cc1ccc(N(CC(=O)NCc2cc[nH+]cc2)S(=O)(=O)c2ccc(F)cc2)cc1. The van der Waals surface area contributed by atoms with Gasteiger partial charge >= 0.3 is 0 Å². The van der Waals surface area contributed by atoms with E-state index in [4.69, 9.17) is 0 Å². The maximum atomic E-state index is 13.2. The van der Waals surface area contributed by atoms with Crippen LogP contribution in [0.15, 0.2) is 78.0 Å². The molecule has 0 saturated heterocycles. The Morgan fingerprint density at radius 1 is 1.00 bits per heavy atom. The van der Waals surface area contributed by atoms with Crippen molar-refractivity contribution in [3.05, 3.63) is 90.0 Å². The highest BCUT2D eigenvalue weighted by molar-refractivity contribution is 7.92. The number of pyridine rings is 1. The summed E-state index contributed by atoms with van der Waals surface area (Å²) in [6, 6.07) is 14.9. The van der Waals surface area contributed by atoms with Gasteiger partial charge in [-0.3, -0.25) is 9.10 Å². The third-order valence-electron chi connectivity index (χ3n) is 4.29. The lowest BCUT2D eigenvalue weighted by molar-refractivity contribution is -0.378. The first-order chi connectivity index (χ1) is 13.9. The second-order valence-corrected chi connectivity index (χ2v) is 8.35. The number of amides is 1. The van der Waals surface area contributed by atoms with Gasteiger partial charge in [0.15, 0.2) is 12.4 Å². The van der Waals surface area contributed by atoms with Crippen LogP contribution < -0.4 is 14.6 Å². The van der Waals surface area contributed by atoms with E-state index in [0.717, 1.165) is 27.6 Å². The Balaban J connectivity index is 1.86. The molecule has 2 aromatic carbocycles. The summed E-state index contributed by atoms with van der Waals surface area (Å²) in [5.41, 5.74) is 2.18. The second kappa shape index (κ2) is 8.83. The highest BCUT2D eigenvalue weighted by Crippen LogP contribution is 2.24. The number of aryl methyl sites for hydroxylation is 1. The van der Waals surface area contributed by atoms with Crippen LogP contribution in [-0.4, -0.2) is 20.9 Å². The van der Waals surface area contributed by atoms with Crippen LogP contribution in [0, 0.1) is 12.7 Å². The van der Waals surface area contributed by atoms with Crippen LogP contribution in [-0.2, 0) is 21.4 Å². The average Bonchev–Trinajstić information content (AvgIpc) is 2.72. The summed E-state index contributed by atoms with van der Waals surface area (Å²) in [5, 5.41) is 2.72. The highest BCUT2D eigenvalue weighted by Gasteiger charge is 2.27. The van der Waals surface area contributed by atoms with Crippen molar-refractivity contribution in [2.45, 2.75) is 18.4 Å². The molecular weight excluding hydrogens is 393 g/mol. The Kier molecular flexibility index (Phi) is 6.23. The average molecular weight is 414 g/mol. The number of H-pyrrole nitrogens is 1. The molecule has 1 aromatic heterocycles. The zero-order valence-corrected chi connectivity index (χ0v) is 16.6. The normalized spacial score (nSPS) is 11.1. The number of carbonyl (C=O) groups excluding carboxylic acids is 1. The molecule has 0 spiro atoms. The van der Waals surface area contributed by atoms with Crippen molar-refractivity contribution < 1.29 is 22.6 Å². The van der Waals surface area contributed by atoms with Crippen LogP contribution in [0.4, 0.5) is 10.1 Å². The fraction of sp³-hybridized carbons (Fsp3) is 0.143. The van der Waals surface area contributed by atoms with Crippen LogP contribution in [0.3, 0.4) is 0 Å². The molecule has 29 heavy (non-hydrogen) atoms. The van der Waals surface area contributed by atoms with Crippen molar-refractivity contribution in [2.75, 3.05) is 10.8 Å². The number of aromatic nitrogens is 1. The second-order valence-electron chi connectivity index (χ2n) is 6.49. The van der Waals surface area contributed by atoms with Crippen LogP contribution in [0.1, 0.15) is 11.1 Å². The van der Waals surface area contributed by atoms with Crippen LogP contribution in [0.25, 0.3) is 0 Å². The van der Waals surface area contributed by atoms with Gasteiger partial charge in [0.2, 0.25) is 5.91 Å². The quantitative estimate of drug-likeness (QED) is 0.645. The van der Waals surface area contributed by atoms with E-state index in [9.17, 15) is 17.6 Å². The molecule has 8 heteroatoms. The minimum absolute atomic E-state index is 0.0918. The third kappa shape index (κ3) is 5.17. The molecule has 0 fully saturated rings. The first-order valence-corrected chi connectivity index (χ1v) is 10.4. The van der Waals surface area contributed by atoms with Gasteiger partial charge in [0.25, 0.3) is 10.0 Å². The molecule has 3 rings (SSSR count). The monoisotopic (exact) mass is 414 g/mol. The molecule has 0 aliphatic rings. The zero-order valence-electron chi connectivity index (χ0n) is 15.8. The molecule has 0 aliphatic heterocycles. The number of anilines is 1. The topological polar surface area (TPSA) is 80.6 Å². The van der Waals surface area contributed by atoms with Crippen molar-refractivity contribution in [3.63, 3.8) is 0 Å². The Hall–Kier alpha value is -3.26. The Bertz CT molecular complexity index is 1070. The number of benzene rings is 2. The summed E-state index contributed by atoms with van der Waals surface area (Å²) in [7, 11) is -4.06. The molecule has 0 unspecified atom stereocenters. The molecule has 0 aliphatic carbocycles. The number of halogens is 1. The molecule has 1 amide bonds. The smallest absolute Gasteiger partial charge is 0.264 e. The first-order valence-electron chi connectivity index (χ1n) is 8.93. The summed E-state index contributed by atoms with van der Waals surface area (Å²) >= 11 is 0. The Morgan fingerprint density at radius 3 is 2.24 bits per heavy atom. The molecule has 1 heterocycles. The molecule has 6 nitrogen and oxygen atoms in total. The molecular formula is C21H21FN3O3S+. The standard InChI is InChI=1S/C21H20FN3O3S/c1-16-2-6-19(7-3-16)25(29(27,28)20-8-4-18(22)5-9-20)15-21(26)24-14-17-10-12-23-13-11-17/h2-13H,14-15H2,1H3,(H,24,26)/p+1. The highest BCUT2D eigenvalue weighted by atomic mass is 32.2. The van der Waals surface area contributed by atoms with E-state index in [2.05, 4.69) is 10.3 Å². The van der Waals surface area contributed by atoms with Gasteiger partial charge in [0, 0.05) is 18.7 Å². The van der Waals surface area contributed by atoms with Gasteiger partial charge in [0.05, 0.1) is 10.6 Å². The summed E-state index contributed by atoms with van der Waals surface area (Å²) in [6.45, 7) is 1.75. The molecule has 0 bridgehead atoms. The number of carbonyl (C=O) groups is 1. The number of aromatic amines is 1. The van der Waals surface area contributed by atoms with E-state index < -0.39 is 28.3 Å². The summed E-state index contributed by atoms with van der Waals surface area (Å²) in [6.07, 6.45) is 3.47. The Morgan fingerprint density at radius 2 is 1.62 bits per heavy atom. The lowest BCUT2D eigenvalue weighted by atomic mass is 10.2. The fourth-order valence-electron chi connectivity index (χ4n) is 2.69. The van der Waals surface area contributed by atoms with Crippen molar-refractivity contribution in [3.8, 4) is 0 Å². The van der Waals surface area contributed by atoms with Gasteiger partial charge in [-0.2, -0.15) is 0 Å². The van der Waals surface area contributed by atoms with E-state index >= 15 is 0 Å². The number of nitrogens with zero attached hydrogens (tertiary/aromatic N) is 1. The molecule has 150 valence electrons. The van der Waals surface area contributed by atoms with Gasteiger partial charge < -0.3 is 5.32 Å². The van der Waals surface area contributed by atoms with Gasteiger partial charge in [-0.1, -0.05) is 17.7 Å². The lowest BCUT2D eigenvalue weighted by Gasteiger charge is -2.24. The molecule has 3 aromatic rings. The maximum absolute atomic E-state index is 13.2. The van der Waals surface area contributed by atoms with Crippen molar-refractivity contribution in [1.29, 1.82) is 0 Å². The molecule has 2 N–H and O–H groups in total. The summed E-state index contributed by atoms with van der Waals surface area (Å²) in [5.74, 6) is -0.993. The maximum Gasteiger partial charge on any atom is 0.264 e. The van der Waals surface area contributed by atoms with Crippen molar-refractivity contribution >= 4 is 21.6 Å². The zero-order chi connectivity index (χ0) is 20.9. The van der Waals surface area contributed by atoms with Gasteiger partial charge in [-0.25, -0.2) is 17.8 Å². The third-order valence-corrected chi connectivity index (χ3v) is 6.08. The molecule has 0 radical (unpaired) electrons. The van der Waals surface area contributed by atoms with Crippen LogP contribution in [0.2, 0.25) is 0 Å². The number of hydrogen-bond donors (Lipinski definition) is 1. The van der Waals surface area contributed by atoms with E-state index in [0.29, 0.717) is 5.69 Å². The summed E-state index contributed by atoms with van der Waals surface area (Å²) in [4.78, 5) is 15.3. The van der Waals surface area contributed by atoms with Crippen molar-refractivity contribution in [1.82, 2.24) is 5.32 Å². The number of nitrogens with one attached hydrogen (secondary N) is 2. The van der Waals surface area contributed by atoms with Gasteiger partial charge in [-0.15, -0.1) is 0 Å². The minimum atomic E-state index is -4.06. The number of sulfonamides is 1. The first kappa shape index (κ1) is 20.5. The van der Waals surface area contributed by atoms with E-state index in [1.165, 1.54) is 12.1 Å². The number of rotatable bonds is 7. The van der Waals surface area contributed by atoms with E-state index in [1.54, 1.807) is 36.7 Å².